The number of benzene rings is 1. The van der Waals surface area contributed by atoms with Crippen LogP contribution in [0.25, 0.3) is 5.76 Å². The molecule has 0 fully saturated rings. The van der Waals surface area contributed by atoms with Gasteiger partial charge in [0.2, 0.25) is 0 Å². The molecule has 0 radical (unpaired) electrons. The van der Waals surface area contributed by atoms with Crippen molar-refractivity contribution in [1.82, 2.24) is 0 Å². The van der Waals surface area contributed by atoms with E-state index in [-0.39, 0.29) is 5.76 Å². The molecule has 0 aliphatic rings. The number of nitrogens with zero attached hydrogens (tertiary/aromatic N) is 1. The highest BCUT2D eigenvalue weighted by Gasteiger charge is 2.42. The summed E-state index contributed by atoms with van der Waals surface area (Å²) in [5, 5.41) is 9.97. The number of hydrogen-bond acceptors (Lipinski definition) is 4. The number of ketones is 1. The predicted octanol–water partition coefficient (Wildman–Crippen LogP) is 4.70. The molecule has 2 rings (SSSR count). The molecule has 4 nitrogen and oxygen atoms in total. The molecule has 0 atom stereocenters. The second-order valence-corrected chi connectivity index (χ2v) is 5.11. The van der Waals surface area contributed by atoms with Crippen LogP contribution in [0.4, 0.5) is 18.9 Å². The third-order valence-electron chi connectivity index (χ3n) is 3.20. The summed E-state index contributed by atoms with van der Waals surface area (Å²) in [5.74, 6) is -3.38. The van der Waals surface area contributed by atoms with Crippen LogP contribution in [0.3, 0.4) is 0 Å². The Morgan fingerprint density at radius 1 is 1.25 bits per heavy atom. The van der Waals surface area contributed by atoms with Crippen LogP contribution in [0.1, 0.15) is 16.9 Å². The molecule has 0 aliphatic heterocycles. The average Bonchev–Trinajstić information content (AvgIpc) is 3.02. The number of aliphatic hydroxyl groups is 1. The maximum absolute atomic E-state index is 12.8. The second-order valence-electron chi connectivity index (χ2n) is 5.11. The van der Waals surface area contributed by atoms with Crippen molar-refractivity contribution in [1.29, 1.82) is 0 Å². The third-order valence-corrected chi connectivity index (χ3v) is 3.20. The molecule has 24 heavy (non-hydrogen) atoms. The van der Waals surface area contributed by atoms with Gasteiger partial charge in [-0.05, 0) is 37.6 Å². The van der Waals surface area contributed by atoms with E-state index in [4.69, 9.17) is 4.42 Å². The molecule has 0 saturated carbocycles. The van der Waals surface area contributed by atoms with Gasteiger partial charge in [-0.1, -0.05) is 17.7 Å². The fraction of sp³-hybridized carbons (Fsp3) is 0.176. The van der Waals surface area contributed by atoms with Crippen LogP contribution in [0.2, 0.25) is 0 Å². The lowest BCUT2D eigenvalue weighted by atomic mass is 10.1. The van der Waals surface area contributed by atoms with Crippen LogP contribution in [0.5, 0.6) is 0 Å². The van der Waals surface area contributed by atoms with E-state index in [1.54, 1.807) is 25.1 Å². The first-order chi connectivity index (χ1) is 11.2. The second kappa shape index (κ2) is 6.74. The number of carbonyl (C=O) groups excluding carboxylic acids is 1. The van der Waals surface area contributed by atoms with Gasteiger partial charge in [0.15, 0.2) is 11.5 Å². The van der Waals surface area contributed by atoms with Crippen LogP contribution in [0.15, 0.2) is 51.6 Å². The van der Waals surface area contributed by atoms with E-state index in [2.05, 4.69) is 4.99 Å². The Bertz CT molecular complexity index is 803. The first-order valence-electron chi connectivity index (χ1n) is 6.90. The number of hydrogen-bond donors (Lipinski definition) is 1. The maximum atomic E-state index is 12.8. The van der Waals surface area contributed by atoms with Crippen LogP contribution in [-0.4, -0.2) is 23.3 Å². The molecule has 1 N–H and O–H groups in total. The van der Waals surface area contributed by atoms with Gasteiger partial charge < -0.3 is 9.52 Å². The summed E-state index contributed by atoms with van der Waals surface area (Å²) in [6, 6.07) is 7.77. The topological polar surface area (TPSA) is 62.8 Å². The number of alkyl halides is 3. The van der Waals surface area contributed by atoms with Crippen LogP contribution in [0, 0.1) is 13.8 Å². The van der Waals surface area contributed by atoms with Gasteiger partial charge in [-0.2, -0.15) is 13.2 Å². The predicted molar refractivity (Wildman–Crippen MR) is 83.4 cm³/mol. The third kappa shape index (κ3) is 3.92. The van der Waals surface area contributed by atoms with Gasteiger partial charge in [-0.3, -0.25) is 9.79 Å². The molecule has 1 heterocycles. The first-order valence-corrected chi connectivity index (χ1v) is 6.90. The quantitative estimate of drug-likeness (QED) is 0.500. The van der Waals surface area contributed by atoms with E-state index >= 15 is 0 Å². The Labute approximate surface area is 135 Å². The molecule has 2 aromatic rings. The number of Topliss-reactive ketones (excluding diaryl/α,β-unsaturated/α-hetero) is 1. The summed E-state index contributed by atoms with van der Waals surface area (Å²) >= 11 is 0. The van der Waals surface area contributed by atoms with E-state index in [1.165, 1.54) is 18.4 Å². The van der Waals surface area contributed by atoms with Gasteiger partial charge >= 0.3 is 6.18 Å². The zero-order chi connectivity index (χ0) is 17.9. The lowest BCUT2D eigenvalue weighted by Gasteiger charge is -2.08. The van der Waals surface area contributed by atoms with E-state index < -0.39 is 23.3 Å². The fourth-order valence-corrected chi connectivity index (χ4v) is 2.01. The molecule has 0 bridgehead atoms. The number of furan rings is 1. The van der Waals surface area contributed by atoms with Gasteiger partial charge in [-0.25, -0.2) is 0 Å². The van der Waals surface area contributed by atoms with Crippen molar-refractivity contribution in [2.24, 2.45) is 4.99 Å². The smallest absolute Gasteiger partial charge is 0.455 e. The summed E-state index contributed by atoms with van der Waals surface area (Å²) in [6.07, 6.45) is -3.28. The van der Waals surface area contributed by atoms with E-state index in [1.807, 2.05) is 6.92 Å². The standard InChI is InChI=1S/C17H14F3NO3/c1-10-5-6-13(11(2)8-10)21-9-12(16(23)17(18,19)20)15(22)14-4-3-7-24-14/h3-9,22H,1-2H3/b15-12+,21-9?. The summed E-state index contributed by atoms with van der Waals surface area (Å²) in [4.78, 5) is 15.5. The van der Waals surface area contributed by atoms with Crippen molar-refractivity contribution in [3.63, 3.8) is 0 Å². The van der Waals surface area contributed by atoms with Crippen LogP contribution < -0.4 is 0 Å². The van der Waals surface area contributed by atoms with Crippen LogP contribution in [-0.2, 0) is 4.79 Å². The van der Waals surface area contributed by atoms with Crippen molar-refractivity contribution in [2.45, 2.75) is 20.0 Å². The van der Waals surface area contributed by atoms with Crippen molar-refractivity contribution in [2.75, 3.05) is 0 Å². The van der Waals surface area contributed by atoms with Gasteiger partial charge in [0.25, 0.3) is 5.78 Å². The Hall–Kier alpha value is -2.83. The number of aryl methyl sites for hydroxylation is 2. The highest BCUT2D eigenvalue weighted by Crippen LogP contribution is 2.26. The molecular weight excluding hydrogens is 323 g/mol. The van der Waals surface area contributed by atoms with E-state index in [9.17, 15) is 23.1 Å². The summed E-state index contributed by atoms with van der Waals surface area (Å²) in [5.41, 5.74) is 1.09. The summed E-state index contributed by atoms with van der Waals surface area (Å²) < 4.78 is 43.2. The molecule has 1 aromatic heterocycles. The molecule has 0 spiro atoms. The largest absolute Gasteiger partial charge is 0.504 e. The number of rotatable bonds is 4. The van der Waals surface area contributed by atoms with Crippen molar-refractivity contribution < 1.29 is 27.5 Å². The minimum Gasteiger partial charge on any atom is -0.504 e. The number of carbonyl (C=O) groups is 1. The maximum Gasteiger partial charge on any atom is 0.455 e. The van der Waals surface area contributed by atoms with E-state index in [0.29, 0.717) is 11.9 Å². The number of aliphatic imine (C=N–C) groups is 1. The Balaban J connectivity index is 2.49. The Morgan fingerprint density at radius 3 is 2.50 bits per heavy atom. The minimum absolute atomic E-state index is 0.255. The van der Waals surface area contributed by atoms with Crippen molar-refractivity contribution in [3.8, 4) is 0 Å². The first kappa shape index (κ1) is 17.5. The zero-order valence-electron chi connectivity index (χ0n) is 12.9. The minimum atomic E-state index is -5.15. The molecule has 1 aromatic carbocycles. The molecule has 7 heteroatoms. The van der Waals surface area contributed by atoms with E-state index in [0.717, 1.165) is 11.1 Å². The molecule has 0 amide bonds. The summed E-state index contributed by atoms with van der Waals surface area (Å²) in [6.45, 7) is 3.60. The zero-order valence-corrected chi connectivity index (χ0v) is 12.9. The normalized spacial score (nSPS) is 13.2. The highest BCUT2D eigenvalue weighted by atomic mass is 19.4. The monoisotopic (exact) mass is 337 g/mol. The van der Waals surface area contributed by atoms with Gasteiger partial charge in [0, 0.05) is 6.21 Å². The molecule has 0 saturated heterocycles. The Kier molecular flexibility index (Phi) is 4.92. The fourth-order valence-electron chi connectivity index (χ4n) is 2.01. The summed E-state index contributed by atoms with van der Waals surface area (Å²) in [7, 11) is 0. The number of aliphatic hydroxyl groups excluding tert-OH is 1. The van der Waals surface area contributed by atoms with Crippen molar-refractivity contribution in [3.05, 3.63) is 59.1 Å². The highest BCUT2D eigenvalue weighted by molar-refractivity contribution is 6.20. The molecule has 0 unspecified atom stereocenters. The van der Waals surface area contributed by atoms with Gasteiger partial charge in [0.05, 0.1) is 17.5 Å². The molecule has 0 aliphatic carbocycles. The van der Waals surface area contributed by atoms with Gasteiger partial charge in [0.1, 0.15) is 0 Å². The molecule has 126 valence electrons. The van der Waals surface area contributed by atoms with Gasteiger partial charge in [-0.15, -0.1) is 0 Å². The lowest BCUT2D eigenvalue weighted by Crippen LogP contribution is -2.26. The lowest BCUT2D eigenvalue weighted by molar-refractivity contribution is -0.165. The Morgan fingerprint density at radius 2 is 1.96 bits per heavy atom. The average molecular weight is 337 g/mol. The van der Waals surface area contributed by atoms with Crippen LogP contribution >= 0.6 is 0 Å². The van der Waals surface area contributed by atoms with Crippen molar-refractivity contribution >= 4 is 23.4 Å². The number of halogens is 3. The molecular formula is C17H14F3NO3. The SMILES string of the molecule is Cc1ccc(N=C/C(C(=O)C(F)(F)F)=C(\O)c2ccco2)c(C)c1. The number of allylic oxidation sites excluding steroid dienone is 1.